The van der Waals surface area contributed by atoms with E-state index in [-0.39, 0.29) is 24.1 Å². The number of amides is 1. The first-order chi connectivity index (χ1) is 11.2. The fourth-order valence-electron chi connectivity index (χ4n) is 3.60. The summed E-state index contributed by atoms with van der Waals surface area (Å²) in [5.41, 5.74) is 5.33. The van der Waals surface area contributed by atoms with Gasteiger partial charge in [0, 0.05) is 30.9 Å². The Morgan fingerprint density at radius 3 is 2.88 bits per heavy atom. The first-order valence-electron chi connectivity index (χ1n) is 8.18. The quantitative estimate of drug-likeness (QED) is 0.834. The van der Waals surface area contributed by atoms with Crippen molar-refractivity contribution in [2.45, 2.75) is 25.8 Å². The molecule has 2 N–H and O–H groups in total. The van der Waals surface area contributed by atoms with Crippen molar-refractivity contribution in [3.8, 4) is 5.75 Å². The average Bonchev–Trinajstić information content (AvgIpc) is 2.60. The van der Waals surface area contributed by atoms with Gasteiger partial charge < -0.3 is 15.3 Å². The number of aromatic hydroxyl groups is 1. The van der Waals surface area contributed by atoms with Crippen LogP contribution >= 0.6 is 12.4 Å². The molecule has 126 valence electrons. The van der Waals surface area contributed by atoms with Crippen molar-refractivity contribution >= 4 is 24.0 Å². The lowest BCUT2D eigenvalue weighted by atomic mass is 9.95. The predicted octanol–water partition coefficient (Wildman–Crippen LogP) is 3.37. The van der Waals surface area contributed by atoms with Crippen molar-refractivity contribution in [3.63, 3.8) is 0 Å². The van der Waals surface area contributed by atoms with E-state index in [9.17, 15) is 9.90 Å². The number of carbonyl (C=O) groups excluding carboxylic acids is 1. The van der Waals surface area contributed by atoms with Gasteiger partial charge in [-0.3, -0.25) is 4.79 Å². The van der Waals surface area contributed by atoms with E-state index >= 15 is 0 Å². The van der Waals surface area contributed by atoms with Crippen LogP contribution in [-0.4, -0.2) is 29.0 Å². The molecule has 0 aromatic heterocycles. The normalized spacial score (nSPS) is 15.6. The monoisotopic (exact) mass is 344 g/mol. The van der Waals surface area contributed by atoms with E-state index in [1.165, 1.54) is 5.56 Å². The van der Waals surface area contributed by atoms with Crippen LogP contribution in [0.4, 0.5) is 5.69 Å². The largest absolute Gasteiger partial charge is 0.508 e. The van der Waals surface area contributed by atoms with Gasteiger partial charge in [-0.25, -0.2) is 0 Å². The summed E-state index contributed by atoms with van der Waals surface area (Å²) in [6, 6.07) is 11.4. The van der Waals surface area contributed by atoms with Crippen molar-refractivity contribution in [2.75, 3.05) is 18.4 Å². The minimum atomic E-state index is 0. The standard InChI is InChI=1S/C19H20N2O2.ClH/c22-15-7-6-13-8-10-21(12-14(13)11-15)19(23)17-3-1-5-18-16(17)4-2-9-20-18;/h1,3,5-7,11,20,22H,2,4,8-10,12H2;1H. The SMILES string of the molecule is Cl.O=C(c1cccc2c1CCCN2)N1CCc2ccc(O)cc2C1. The maximum absolute atomic E-state index is 13.0. The lowest BCUT2D eigenvalue weighted by Gasteiger charge is -2.30. The maximum atomic E-state index is 13.0. The van der Waals surface area contributed by atoms with E-state index in [4.69, 9.17) is 0 Å². The van der Waals surface area contributed by atoms with Crippen LogP contribution in [0, 0.1) is 0 Å². The first-order valence-corrected chi connectivity index (χ1v) is 8.18. The molecule has 0 bridgehead atoms. The number of hydrogen-bond acceptors (Lipinski definition) is 3. The third kappa shape index (κ3) is 2.94. The highest BCUT2D eigenvalue weighted by molar-refractivity contribution is 5.97. The number of hydrogen-bond donors (Lipinski definition) is 2. The molecular weight excluding hydrogens is 324 g/mol. The number of benzene rings is 2. The molecule has 2 aliphatic heterocycles. The molecule has 2 aromatic carbocycles. The molecule has 4 nitrogen and oxygen atoms in total. The van der Waals surface area contributed by atoms with Gasteiger partial charge >= 0.3 is 0 Å². The molecule has 2 heterocycles. The van der Waals surface area contributed by atoms with Crippen LogP contribution in [0.1, 0.15) is 33.5 Å². The van der Waals surface area contributed by atoms with Crippen LogP contribution in [0.5, 0.6) is 5.75 Å². The predicted molar refractivity (Wildman–Crippen MR) is 97.1 cm³/mol. The number of phenolic OH excluding ortho intramolecular Hbond substituents is 1. The van der Waals surface area contributed by atoms with Gasteiger partial charge in [0.05, 0.1) is 0 Å². The van der Waals surface area contributed by atoms with Crippen molar-refractivity contribution < 1.29 is 9.90 Å². The molecule has 0 saturated carbocycles. The summed E-state index contributed by atoms with van der Waals surface area (Å²) >= 11 is 0. The Morgan fingerprint density at radius 1 is 1.12 bits per heavy atom. The Labute approximate surface area is 147 Å². The van der Waals surface area contributed by atoms with Crippen LogP contribution in [-0.2, 0) is 19.4 Å². The third-order valence-electron chi connectivity index (χ3n) is 4.81. The Bertz CT molecular complexity index is 776. The lowest BCUT2D eigenvalue weighted by Crippen LogP contribution is -2.36. The number of anilines is 1. The first kappa shape index (κ1) is 16.7. The van der Waals surface area contributed by atoms with Crippen molar-refractivity contribution in [1.82, 2.24) is 4.90 Å². The highest BCUT2D eigenvalue weighted by Gasteiger charge is 2.25. The number of phenols is 1. The Balaban J connectivity index is 0.00000169. The molecule has 5 heteroatoms. The van der Waals surface area contributed by atoms with Crippen molar-refractivity contribution in [3.05, 3.63) is 58.7 Å². The van der Waals surface area contributed by atoms with Crippen LogP contribution < -0.4 is 5.32 Å². The Hall–Kier alpha value is -2.20. The topological polar surface area (TPSA) is 52.6 Å². The van der Waals surface area contributed by atoms with E-state index in [0.717, 1.165) is 54.7 Å². The van der Waals surface area contributed by atoms with Gasteiger partial charge in [0.15, 0.2) is 0 Å². The molecule has 0 atom stereocenters. The van der Waals surface area contributed by atoms with Crippen LogP contribution in [0.2, 0.25) is 0 Å². The molecule has 0 unspecified atom stereocenters. The number of nitrogens with one attached hydrogen (secondary N) is 1. The third-order valence-corrected chi connectivity index (χ3v) is 4.81. The van der Waals surface area contributed by atoms with Crippen LogP contribution in [0.15, 0.2) is 36.4 Å². The fourth-order valence-corrected chi connectivity index (χ4v) is 3.60. The summed E-state index contributed by atoms with van der Waals surface area (Å²) in [5.74, 6) is 0.360. The van der Waals surface area contributed by atoms with Gasteiger partial charge in [-0.05, 0) is 60.2 Å². The summed E-state index contributed by atoms with van der Waals surface area (Å²) in [4.78, 5) is 14.9. The molecule has 0 saturated heterocycles. The van der Waals surface area contributed by atoms with Crippen LogP contribution in [0.25, 0.3) is 0 Å². The van der Waals surface area contributed by atoms with Gasteiger partial charge in [-0.15, -0.1) is 12.4 Å². The second-order valence-corrected chi connectivity index (χ2v) is 6.29. The summed E-state index contributed by atoms with van der Waals surface area (Å²) in [7, 11) is 0. The fraction of sp³-hybridized carbons (Fsp3) is 0.316. The maximum Gasteiger partial charge on any atom is 0.254 e. The zero-order valence-corrected chi connectivity index (χ0v) is 14.2. The number of fused-ring (bicyclic) bond motifs is 2. The highest BCUT2D eigenvalue weighted by atomic mass is 35.5. The van der Waals surface area contributed by atoms with Gasteiger partial charge in [-0.1, -0.05) is 12.1 Å². The summed E-state index contributed by atoms with van der Waals surface area (Å²) in [5, 5.41) is 13.1. The summed E-state index contributed by atoms with van der Waals surface area (Å²) in [6.07, 6.45) is 2.86. The molecule has 0 spiro atoms. The van der Waals surface area contributed by atoms with Gasteiger partial charge in [0.25, 0.3) is 5.91 Å². The van der Waals surface area contributed by atoms with Crippen molar-refractivity contribution in [2.24, 2.45) is 0 Å². The smallest absolute Gasteiger partial charge is 0.254 e. The van der Waals surface area contributed by atoms with Gasteiger partial charge in [-0.2, -0.15) is 0 Å². The molecular formula is C19H21ClN2O2. The molecule has 0 aliphatic carbocycles. The van der Waals surface area contributed by atoms with Crippen LogP contribution in [0.3, 0.4) is 0 Å². The zero-order valence-electron chi connectivity index (χ0n) is 13.4. The van der Waals surface area contributed by atoms with Crippen molar-refractivity contribution in [1.29, 1.82) is 0 Å². The second kappa shape index (κ2) is 6.73. The van der Waals surface area contributed by atoms with E-state index in [2.05, 4.69) is 11.4 Å². The Morgan fingerprint density at radius 2 is 2.00 bits per heavy atom. The van der Waals surface area contributed by atoms with E-state index in [0.29, 0.717) is 6.54 Å². The van der Waals surface area contributed by atoms with E-state index < -0.39 is 0 Å². The molecule has 0 radical (unpaired) electrons. The van der Waals surface area contributed by atoms with Gasteiger partial charge in [0.1, 0.15) is 5.75 Å². The number of nitrogens with zero attached hydrogens (tertiary/aromatic N) is 1. The minimum absolute atomic E-state index is 0. The number of carbonyl (C=O) groups is 1. The lowest BCUT2D eigenvalue weighted by molar-refractivity contribution is 0.0733. The number of rotatable bonds is 1. The summed E-state index contributed by atoms with van der Waals surface area (Å²) < 4.78 is 0. The zero-order chi connectivity index (χ0) is 15.8. The second-order valence-electron chi connectivity index (χ2n) is 6.29. The molecule has 2 aromatic rings. The highest BCUT2D eigenvalue weighted by Crippen LogP contribution is 2.29. The van der Waals surface area contributed by atoms with E-state index in [1.807, 2.05) is 23.1 Å². The average molecular weight is 345 g/mol. The summed E-state index contributed by atoms with van der Waals surface area (Å²) in [6.45, 7) is 2.27. The molecule has 0 fully saturated rings. The Kier molecular flexibility index (Phi) is 4.67. The van der Waals surface area contributed by atoms with E-state index in [1.54, 1.807) is 12.1 Å². The molecule has 24 heavy (non-hydrogen) atoms. The number of halogens is 1. The molecule has 2 aliphatic rings. The molecule has 1 amide bonds. The minimum Gasteiger partial charge on any atom is -0.508 e. The van der Waals surface area contributed by atoms with Gasteiger partial charge in [0.2, 0.25) is 0 Å². The molecule has 4 rings (SSSR count).